The average Bonchev–Trinajstić information content (AvgIpc) is 2.00. The molecule has 0 spiro atoms. The zero-order valence-electron chi connectivity index (χ0n) is 6.85. The largest absolute Gasteiger partial charge is 0.461 e. The lowest BCUT2D eigenvalue weighted by molar-refractivity contribution is -0.0323. The SMILES string of the molecule is Cc1cccc(NSC(F)(F)F)c1. The van der Waals surface area contributed by atoms with E-state index in [1.54, 1.807) is 18.2 Å². The van der Waals surface area contributed by atoms with Gasteiger partial charge in [0.2, 0.25) is 0 Å². The van der Waals surface area contributed by atoms with Crippen molar-refractivity contribution in [3.8, 4) is 0 Å². The van der Waals surface area contributed by atoms with E-state index in [4.69, 9.17) is 0 Å². The molecule has 0 aliphatic rings. The summed E-state index contributed by atoms with van der Waals surface area (Å²) in [7, 11) is 0. The van der Waals surface area contributed by atoms with E-state index in [9.17, 15) is 13.2 Å². The van der Waals surface area contributed by atoms with Crippen molar-refractivity contribution in [1.29, 1.82) is 0 Å². The first-order valence-electron chi connectivity index (χ1n) is 3.55. The van der Waals surface area contributed by atoms with E-state index in [0.717, 1.165) is 5.56 Å². The highest BCUT2D eigenvalue weighted by atomic mass is 32.2. The molecule has 1 N–H and O–H groups in total. The lowest BCUT2D eigenvalue weighted by Crippen LogP contribution is -2.04. The second kappa shape index (κ2) is 3.91. The molecule has 0 unspecified atom stereocenters. The number of nitrogens with one attached hydrogen (secondary N) is 1. The smallest absolute Gasteiger partial charge is 0.323 e. The number of rotatable bonds is 2. The van der Waals surface area contributed by atoms with Crippen LogP contribution in [0, 0.1) is 6.92 Å². The second-order valence-electron chi connectivity index (χ2n) is 2.52. The zero-order chi connectivity index (χ0) is 9.90. The second-order valence-corrected chi connectivity index (χ2v) is 3.39. The van der Waals surface area contributed by atoms with Crippen LogP contribution in [0.1, 0.15) is 5.56 Å². The van der Waals surface area contributed by atoms with Crippen molar-refractivity contribution in [1.82, 2.24) is 0 Å². The summed E-state index contributed by atoms with van der Waals surface area (Å²) >= 11 is -0.255. The summed E-state index contributed by atoms with van der Waals surface area (Å²) in [4.78, 5) is 0. The fraction of sp³-hybridized carbons (Fsp3) is 0.250. The zero-order valence-corrected chi connectivity index (χ0v) is 7.67. The number of benzene rings is 1. The molecule has 13 heavy (non-hydrogen) atoms. The molecule has 72 valence electrons. The van der Waals surface area contributed by atoms with Crippen molar-refractivity contribution >= 4 is 17.6 Å². The van der Waals surface area contributed by atoms with E-state index in [2.05, 4.69) is 4.72 Å². The van der Waals surface area contributed by atoms with Crippen LogP contribution >= 0.6 is 11.9 Å². The molecule has 0 aliphatic heterocycles. The topological polar surface area (TPSA) is 12.0 Å². The number of anilines is 1. The molecule has 0 aliphatic carbocycles. The third-order valence-corrected chi connectivity index (χ3v) is 1.87. The van der Waals surface area contributed by atoms with Gasteiger partial charge in [-0.05, 0) is 24.6 Å². The molecule has 1 aromatic rings. The van der Waals surface area contributed by atoms with Gasteiger partial charge in [-0.15, -0.1) is 0 Å². The monoisotopic (exact) mass is 207 g/mol. The Bertz CT molecular complexity index is 285. The van der Waals surface area contributed by atoms with Gasteiger partial charge in [0, 0.05) is 5.69 Å². The average molecular weight is 207 g/mol. The Morgan fingerprint density at radius 2 is 2.00 bits per heavy atom. The number of hydrogen-bond acceptors (Lipinski definition) is 2. The minimum atomic E-state index is -4.25. The quantitative estimate of drug-likeness (QED) is 0.744. The van der Waals surface area contributed by atoms with Crippen LogP contribution in [0.3, 0.4) is 0 Å². The van der Waals surface area contributed by atoms with Gasteiger partial charge in [-0.1, -0.05) is 12.1 Å². The van der Waals surface area contributed by atoms with Crippen LogP contribution < -0.4 is 4.72 Å². The van der Waals surface area contributed by atoms with E-state index in [1.807, 2.05) is 13.0 Å². The molecule has 0 aromatic heterocycles. The maximum atomic E-state index is 11.7. The molecule has 0 saturated heterocycles. The third kappa shape index (κ3) is 4.07. The lowest BCUT2D eigenvalue weighted by Gasteiger charge is -2.07. The Labute approximate surface area is 78.5 Å². The number of aryl methyl sites for hydroxylation is 1. The molecule has 0 heterocycles. The molecule has 0 radical (unpaired) electrons. The predicted octanol–water partition coefficient (Wildman–Crippen LogP) is 3.57. The van der Waals surface area contributed by atoms with E-state index >= 15 is 0 Å². The summed E-state index contributed by atoms with van der Waals surface area (Å²) < 4.78 is 37.4. The molecule has 0 amide bonds. The molecule has 0 atom stereocenters. The van der Waals surface area contributed by atoms with Crippen molar-refractivity contribution in [3.63, 3.8) is 0 Å². The first-order chi connectivity index (χ1) is 5.97. The number of hydrogen-bond donors (Lipinski definition) is 1. The molecule has 0 bridgehead atoms. The minimum absolute atomic E-state index is 0.255. The van der Waals surface area contributed by atoms with Gasteiger partial charge in [0.05, 0.1) is 11.9 Å². The van der Waals surface area contributed by atoms with Crippen LogP contribution in [0.4, 0.5) is 18.9 Å². The highest BCUT2D eigenvalue weighted by Gasteiger charge is 2.28. The Hall–Kier alpha value is -0.840. The molecule has 5 heteroatoms. The van der Waals surface area contributed by atoms with Crippen LogP contribution in [0.25, 0.3) is 0 Å². The van der Waals surface area contributed by atoms with Crippen LogP contribution in [-0.4, -0.2) is 5.51 Å². The molecule has 0 fully saturated rings. The van der Waals surface area contributed by atoms with Crippen molar-refractivity contribution in [2.24, 2.45) is 0 Å². The van der Waals surface area contributed by atoms with Gasteiger partial charge in [0.25, 0.3) is 0 Å². The molecular weight excluding hydrogens is 199 g/mol. The molecule has 1 nitrogen and oxygen atoms in total. The van der Waals surface area contributed by atoms with E-state index in [1.165, 1.54) is 0 Å². The number of halogens is 3. The fourth-order valence-corrected chi connectivity index (χ4v) is 1.19. The van der Waals surface area contributed by atoms with Crippen molar-refractivity contribution in [3.05, 3.63) is 29.8 Å². The maximum absolute atomic E-state index is 11.7. The fourth-order valence-electron chi connectivity index (χ4n) is 0.825. The van der Waals surface area contributed by atoms with Gasteiger partial charge in [-0.3, -0.25) is 0 Å². The van der Waals surface area contributed by atoms with Gasteiger partial charge in [-0.25, -0.2) is 0 Å². The van der Waals surface area contributed by atoms with Crippen molar-refractivity contribution in [2.45, 2.75) is 12.4 Å². The lowest BCUT2D eigenvalue weighted by atomic mass is 10.2. The first kappa shape index (κ1) is 10.2. The Balaban J connectivity index is 2.55. The van der Waals surface area contributed by atoms with Gasteiger partial charge in [-0.2, -0.15) is 13.2 Å². The summed E-state index contributed by atoms with van der Waals surface area (Å²) in [6.07, 6.45) is 0. The van der Waals surface area contributed by atoms with Gasteiger partial charge in [0.15, 0.2) is 0 Å². The Kier molecular flexibility index (Phi) is 3.08. The summed E-state index contributed by atoms with van der Waals surface area (Å²) in [6.45, 7) is 1.82. The van der Waals surface area contributed by atoms with Crippen LogP contribution in [0.2, 0.25) is 0 Å². The van der Waals surface area contributed by atoms with E-state index in [0.29, 0.717) is 5.69 Å². The van der Waals surface area contributed by atoms with Crippen molar-refractivity contribution < 1.29 is 13.2 Å². The third-order valence-electron chi connectivity index (χ3n) is 1.30. The van der Waals surface area contributed by atoms with Gasteiger partial charge < -0.3 is 4.72 Å². The van der Waals surface area contributed by atoms with Crippen molar-refractivity contribution in [2.75, 3.05) is 4.72 Å². The molecule has 1 rings (SSSR count). The van der Waals surface area contributed by atoms with Crippen LogP contribution in [0.15, 0.2) is 24.3 Å². The maximum Gasteiger partial charge on any atom is 0.461 e. The standard InChI is InChI=1S/C8H8F3NS/c1-6-3-2-4-7(5-6)12-13-8(9,10)11/h2-5,12H,1H3. The Morgan fingerprint density at radius 3 is 2.54 bits per heavy atom. The van der Waals surface area contributed by atoms with E-state index < -0.39 is 5.51 Å². The summed E-state index contributed by atoms with van der Waals surface area (Å²) in [5.74, 6) is 0. The normalized spacial score (nSPS) is 11.4. The summed E-state index contributed by atoms with van der Waals surface area (Å²) in [5, 5.41) is 0. The first-order valence-corrected chi connectivity index (χ1v) is 4.36. The number of alkyl halides is 3. The molecule has 1 aromatic carbocycles. The molecular formula is C8H8F3NS. The van der Waals surface area contributed by atoms with Gasteiger partial charge >= 0.3 is 5.51 Å². The van der Waals surface area contributed by atoms with Crippen LogP contribution in [0.5, 0.6) is 0 Å². The van der Waals surface area contributed by atoms with Crippen LogP contribution in [-0.2, 0) is 0 Å². The summed E-state index contributed by atoms with van der Waals surface area (Å²) in [5.41, 5.74) is -2.86. The van der Waals surface area contributed by atoms with Gasteiger partial charge in [0.1, 0.15) is 0 Å². The summed E-state index contributed by atoms with van der Waals surface area (Å²) in [6, 6.07) is 6.77. The highest BCUT2D eigenvalue weighted by molar-refractivity contribution is 8.01. The Morgan fingerprint density at radius 1 is 1.31 bits per heavy atom. The highest BCUT2D eigenvalue weighted by Crippen LogP contribution is 2.30. The van der Waals surface area contributed by atoms with E-state index in [-0.39, 0.29) is 11.9 Å². The molecule has 0 saturated carbocycles. The predicted molar refractivity (Wildman–Crippen MR) is 48.4 cm³/mol. The minimum Gasteiger partial charge on any atom is -0.323 e.